The third kappa shape index (κ3) is 3.91. The van der Waals surface area contributed by atoms with E-state index < -0.39 is 12.0 Å². The van der Waals surface area contributed by atoms with Crippen molar-refractivity contribution in [3.63, 3.8) is 0 Å². The predicted octanol–water partition coefficient (Wildman–Crippen LogP) is 3.11. The smallest absolute Gasteiger partial charge is 0.357 e. The van der Waals surface area contributed by atoms with Crippen molar-refractivity contribution in [3.05, 3.63) is 46.0 Å². The number of ether oxygens (including phenoxy) is 1. The number of esters is 1. The van der Waals surface area contributed by atoms with E-state index in [4.69, 9.17) is 4.74 Å². The number of nitrogens with zero attached hydrogens (tertiary/aromatic N) is 2. The van der Waals surface area contributed by atoms with Crippen LogP contribution in [0.2, 0.25) is 0 Å². The first-order valence-corrected chi connectivity index (χ1v) is 9.91. The number of nitrogens with one attached hydrogen (secondary N) is 1. The van der Waals surface area contributed by atoms with Gasteiger partial charge in [0, 0.05) is 17.0 Å². The second-order valence-electron chi connectivity index (χ2n) is 7.14. The van der Waals surface area contributed by atoms with Crippen LogP contribution in [-0.4, -0.2) is 40.8 Å². The first-order chi connectivity index (χ1) is 13.3. The Bertz CT molecular complexity index is 922. The van der Waals surface area contributed by atoms with E-state index >= 15 is 0 Å². The Balaban J connectivity index is 1.75. The topological polar surface area (TPSA) is 88.6 Å². The standard InChI is InChI=1S/C20H23N3O4S/c1-11(2)9-15-16(19(26)27-4)21-20(28-15)22-17(24)12(3)23-10-13-7-5-6-8-14(13)18(23)25/h5-8,11-12H,9-10H2,1-4H3,(H,21,22,24)/t12-/m0/s1. The van der Waals surface area contributed by atoms with Crippen molar-refractivity contribution in [3.8, 4) is 0 Å². The van der Waals surface area contributed by atoms with Crippen molar-refractivity contribution < 1.29 is 19.1 Å². The van der Waals surface area contributed by atoms with Crippen LogP contribution in [0.3, 0.4) is 0 Å². The monoisotopic (exact) mass is 401 g/mol. The molecule has 0 saturated carbocycles. The first kappa shape index (κ1) is 20.0. The van der Waals surface area contributed by atoms with E-state index in [0.29, 0.717) is 29.6 Å². The Labute approximate surface area is 167 Å². The molecule has 3 rings (SSSR count). The molecule has 0 bridgehead atoms. The lowest BCUT2D eigenvalue weighted by Crippen LogP contribution is -2.42. The zero-order chi connectivity index (χ0) is 20.4. The van der Waals surface area contributed by atoms with E-state index in [1.165, 1.54) is 23.3 Å². The van der Waals surface area contributed by atoms with Gasteiger partial charge in [-0.3, -0.25) is 9.59 Å². The van der Waals surface area contributed by atoms with Gasteiger partial charge in [-0.05, 0) is 30.9 Å². The van der Waals surface area contributed by atoms with Gasteiger partial charge in [-0.15, -0.1) is 11.3 Å². The van der Waals surface area contributed by atoms with Gasteiger partial charge in [0.25, 0.3) is 5.91 Å². The summed E-state index contributed by atoms with van der Waals surface area (Å²) in [7, 11) is 1.30. The van der Waals surface area contributed by atoms with Gasteiger partial charge >= 0.3 is 5.97 Å². The van der Waals surface area contributed by atoms with Gasteiger partial charge in [-0.1, -0.05) is 32.0 Å². The Morgan fingerprint density at radius 1 is 1.29 bits per heavy atom. The largest absolute Gasteiger partial charge is 0.464 e. The Hall–Kier alpha value is -2.74. The molecule has 1 aromatic carbocycles. The summed E-state index contributed by atoms with van der Waals surface area (Å²) in [6, 6.07) is 6.67. The molecule has 0 fully saturated rings. The zero-order valence-electron chi connectivity index (χ0n) is 16.3. The number of methoxy groups -OCH3 is 1. The van der Waals surface area contributed by atoms with Crippen LogP contribution in [0.25, 0.3) is 0 Å². The number of carbonyl (C=O) groups excluding carboxylic acids is 3. The van der Waals surface area contributed by atoms with Gasteiger partial charge in [0.15, 0.2) is 10.8 Å². The average Bonchev–Trinajstić information content (AvgIpc) is 3.21. The van der Waals surface area contributed by atoms with Crippen molar-refractivity contribution in [2.75, 3.05) is 12.4 Å². The van der Waals surface area contributed by atoms with E-state index in [1.54, 1.807) is 13.0 Å². The number of thiazole rings is 1. The number of aromatic nitrogens is 1. The number of fused-ring (bicyclic) bond motifs is 1. The first-order valence-electron chi connectivity index (χ1n) is 9.09. The minimum Gasteiger partial charge on any atom is -0.464 e. The number of rotatable bonds is 6. The molecule has 2 aromatic rings. The lowest BCUT2D eigenvalue weighted by molar-refractivity contribution is -0.120. The average molecular weight is 401 g/mol. The third-order valence-corrected chi connectivity index (χ3v) is 5.59. The van der Waals surface area contributed by atoms with Gasteiger partial charge in [0.1, 0.15) is 6.04 Å². The molecule has 0 unspecified atom stereocenters. The molecule has 2 heterocycles. The SMILES string of the molecule is COC(=O)c1nc(NC(=O)[C@H](C)N2Cc3ccccc3C2=O)sc1CC(C)C. The quantitative estimate of drug-likeness (QED) is 0.752. The highest BCUT2D eigenvalue weighted by Crippen LogP contribution is 2.28. The molecule has 7 nitrogen and oxygen atoms in total. The van der Waals surface area contributed by atoms with Gasteiger partial charge in [0.2, 0.25) is 5.91 Å². The van der Waals surface area contributed by atoms with Crippen LogP contribution in [0, 0.1) is 5.92 Å². The highest BCUT2D eigenvalue weighted by atomic mass is 32.1. The summed E-state index contributed by atoms with van der Waals surface area (Å²) in [4.78, 5) is 43.8. The summed E-state index contributed by atoms with van der Waals surface area (Å²) in [5.74, 6) is -0.701. The molecule has 148 valence electrons. The molecule has 1 atom stereocenters. The molecule has 1 aromatic heterocycles. The highest BCUT2D eigenvalue weighted by molar-refractivity contribution is 7.16. The summed E-state index contributed by atoms with van der Waals surface area (Å²) >= 11 is 1.26. The van der Waals surface area contributed by atoms with Crippen LogP contribution in [0.1, 0.15) is 52.1 Å². The summed E-state index contributed by atoms with van der Waals surface area (Å²) in [5, 5.41) is 3.08. The van der Waals surface area contributed by atoms with Crippen LogP contribution in [0.5, 0.6) is 0 Å². The number of hydrogen-bond donors (Lipinski definition) is 1. The fraction of sp³-hybridized carbons (Fsp3) is 0.400. The third-order valence-electron chi connectivity index (χ3n) is 4.60. The van der Waals surface area contributed by atoms with Crippen molar-refractivity contribution >= 4 is 34.3 Å². The molecule has 1 aliphatic heterocycles. The summed E-state index contributed by atoms with van der Waals surface area (Å²) in [6.07, 6.45) is 0.660. The van der Waals surface area contributed by atoms with E-state index in [9.17, 15) is 14.4 Å². The van der Waals surface area contributed by atoms with Crippen LogP contribution < -0.4 is 5.32 Å². The molecular formula is C20H23N3O4S. The molecule has 1 aliphatic rings. The molecule has 0 saturated heterocycles. The Morgan fingerprint density at radius 2 is 2.00 bits per heavy atom. The number of amides is 2. The summed E-state index contributed by atoms with van der Waals surface area (Å²) in [5.41, 5.74) is 1.77. The maximum absolute atomic E-state index is 12.7. The number of benzene rings is 1. The molecule has 0 radical (unpaired) electrons. The maximum atomic E-state index is 12.7. The number of anilines is 1. The fourth-order valence-corrected chi connectivity index (χ4v) is 4.28. The van der Waals surface area contributed by atoms with Gasteiger partial charge in [-0.2, -0.15) is 0 Å². The highest BCUT2D eigenvalue weighted by Gasteiger charge is 2.34. The van der Waals surface area contributed by atoms with Gasteiger partial charge in [0.05, 0.1) is 7.11 Å². The Morgan fingerprint density at radius 3 is 2.64 bits per heavy atom. The second-order valence-corrected chi connectivity index (χ2v) is 8.22. The minimum absolute atomic E-state index is 0.159. The lowest BCUT2D eigenvalue weighted by atomic mass is 10.1. The lowest BCUT2D eigenvalue weighted by Gasteiger charge is -2.22. The number of carbonyl (C=O) groups is 3. The Kier molecular flexibility index (Phi) is 5.79. The minimum atomic E-state index is -0.668. The van der Waals surface area contributed by atoms with E-state index in [-0.39, 0.29) is 17.5 Å². The molecular weight excluding hydrogens is 378 g/mol. The molecule has 2 amide bonds. The van der Waals surface area contributed by atoms with Crippen LogP contribution in [0.4, 0.5) is 5.13 Å². The van der Waals surface area contributed by atoms with Crippen LogP contribution in [0.15, 0.2) is 24.3 Å². The molecule has 0 aliphatic carbocycles. The molecule has 1 N–H and O–H groups in total. The number of hydrogen-bond acceptors (Lipinski definition) is 6. The molecule has 28 heavy (non-hydrogen) atoms. The van der Waals surface area contributed by atoms with Crippen LogP contribution in [-0.2, 0) is 22.5 Å². The van der Waals surface area contributed by atoms with Crippen LogP contribution >= 0.6 is 11.3 Å². The van der Waals surface area contributed by atoms with E-state index in [1.807, 2.05) is 32.0 Å². The normalized spacial score (nSPS) is 14.2. The fourth-order valence-electron chi connectivity index (χ4n) is 3.11. The predicted molar refractivity (Wildman–Crippen MR) is 106 cm³/mol. The van der Waals surface area contributed by atoms with Gasteiger partial charge < -0.3 is 15.0 Å². The summed E-state index contributed by atoms with van der Waals surface area (Å²) < 4.78 is 4.80. The van der Waals surface area contributed by atoms with Crippen molar-refractivity contribution in [1.82, 2.24) is 9.88 Å². The molecule has 0 spiro atoms. The molecule has 8 heteroatoms. The second kappa shape index (κ2) is 8.10. The zero-order valence-corrected chi connectivity index (χ0v) is 17.1. The van der Waals surface area contributed by atoms with Crippen molar-refractivity contribution in [2.45, 2.75) is 39.8 Å². The van der Waals surface area contributed by atoms with Gasteiger partial charge in [-0.25, -0.2) is 9.78 Å². The summed E-state index contributed by atoms with van der Waals surface area (Å²) in [6.45, 7) is 6.16. The maximum Gasteiger partial charge on any atom is 0.357 e. The van der Waals surface area contributed by atoms with E-state index in [2.05, 4.69) is 10.3 Å². The van der Waals surface area contributed by atoms with Crippen molar-refractivity contribution in [1.29, 1.82) is 0 Å². The van der Waals surface area contributed by atoms with Crippen molar-refractivity contribution in [2.24, 2.45) is 5.92 Å². The van der Waals surface area contributed by atoms with E-state index in [0.717, 1.165) is 10.4 Å².